The third-order valence-corrected chi connectivity index (χ3v) is 9.18. The van der Waals surface area contributed by atoms with E-state index >= 15 is 0 Å². The molecule has 5 rings (SSSR count). The van der Waals surface area contributed by atoms with E-state index in [-0.39, 0.29) is 34.7 Å². The lowest BCUT2D eigenvalue weighted by molar-refractivity contribution is -0.765. The maximum atomic E-state index is 12.3. The predicted molar refractivity (Wildman–Crippen MR) is 141 cm³/mol. The third-order valence-electron chi connectivity index (χ3n) is 6.65. The van der Waals surface area contributed by atoms with Gasteiger partial charge in [0.2, 0.25) is 0 Å². The Bertz CT molecular complexity index is 1690. The van der Waals surface area contributed by atoms with Crippen LogP contribution in [0.15, 0.2) is 37.2 Å². The number of nitrogen functional groups attached to an aromatic ring is 1. The Kier molecular flexibility index (Phi) is 9.89. The van der Waals surface area contributed by atoms with Crippen LogP contribution in [0.1, 0.15) is 24.2 Å². The highest BCUT2D eigenvalue weighted by Gasteiger charge is 2.49. The highest BCUT2D eigenvalue weighted by atomic mass is 31.3. The smallest absolute Gasteiger partial charge is 0.292 e. The van der Waals surface area contributed by atoms with Crippen LogP contribution in [-0.2, 0) is 32.0 Å². The van der Waals surface area contributed by atoms with Gasteiger partial charge in [-0.2, -0.15) is 4.57 Å². The summed E-state index contributed by atoms with van der Waals surface area (Å²) in [5, 5.41) is 41.6. The minimum Gasteiger partial charge on any atom is -0.756 e. The lowest BCUT2D eigenvalue weighted by atomic mass is 10.1. The van der Waals surface area contributed by atoms with Crippen molar-refractivity contribution < 1.29 is 72.9 Å². The average Bonchev–Trinajstić information content (AvgIpc) is 3.61. The molecule has 2 aliphatic heterocycles. The number of rotatable bonds is 11. The molecule has 1 amide bonds. The minimum absolute atomic E-state index is 0. The Morgan fingerprint density at radius 2 is 1.67 bits per heavy atom. The number of phosphoric ester groups is 2. The molecular formula is C21H30N8O14P2. The maximum Gasteiger partial charge on any atom is 0.292 e. The summed E-state index contributed by atoms with van der Waals surface area (Å²) < 4.78 is 58.6. The van der Waals surface area contributed by atoms with Crippen molar-refractivity contribution in [3.05, 3.63) is 42.7 Å². The van der Waals surface area contributed by atoms with Gasteiger partial charge in [0.25, 0.3) is 27.8 Å². The van der Waals surface area contributed by atoms with Gasteiger partial charge < -0.3 is 66.4 Å². The number of aliphatic hydroxyl groups excluding tert-OH is 4. The number of carbonyl (C=O) groups is 1. The van der Waals surface area contributed by atoms with Gasteiger partial charge in [0.1, 0.15) is 47.9 Å². The molecule has 2 unspecified atom stereocenters. The molecule has 0 saturated carbocycles. The summed E-state index contributed by atoms with van der Waals surface area (Å²) >= 11 is 0. The summed E-state index contributed by atoms with van der Waals surface area (Å²) in [5.74, 6) is -0.920. The number of aliphatic hydroxyl groups is 4. The number of anilines is 1. The van der Waals surface area contributed by atoms with Crippen molar-refractivity contribution in [1.82, 2.24) is 25.7 Å². The molecule has 0 spiro atoms. The molecule has 2 aliphatic rings. The predicted octanol–water partition coefficient (Wildman–Crippen LogP) is -3.90. The molecule has 22 nitrogen and oxygen atoms in total. The zero-order valence-electron chi connectivity index (χ0n) is 24.1. The molecule has 3 aromatic rings. The maximum absolute atomic E-state index is 12.3. The zero-order valence-corrected chi connectivity index (χ0v) is 24.9. The first kappa shape index (κ1) is 33.3. The van der Waals surface area contributed by atoms with Crippen molar-refractivity contribution >= 4 is 38.5 Å². The molecule has 5 heterocycles. The van der Waals surface area contributed by atoms with Crippen molar-refractivity contribution in [2.75, 3.05) is 18.9 Å². The van der Waals surface area contributed by atoms with Crippen molar-refractivity contribution in [3.63, 3.8) is 0 Å². The van der Waals surface area contributed by atoms with Crippen molar-refractivity contribution in [1.29, 1.82) is 0 Å². The number of ether oxygens (including phenoxy) is 2. The van der Waals surface area contributed by atoms with E-state index in [9.17, 15) is 44.1 Å². The van der Waals surface area contributed by atoms with Crippen LogP contribution in [0.25, 0.3) is 11.2 Å². The third kappa shape index (κ3) is 7.35. The second kappa shape index (κ2) is 13.4. The fourth-order valence-corrected chi connectivity index (χ4v) is 6.52. The summed E-state index contributed by atoms with van der Waals surface area (Å²) in [6.45, 7) is -2.03. The number of fused-ring (bicyclic) bond motifs is 1. The number of hydrogen-bond acceptors (Lipinski definition) is 18. The second-order valence-electron chi connectivity index (χ2n) is 9.56. The van der Waals surface area contributed by atoms with Gasteiger partial charge in [-0.05, 0) is 6.04 Å². The van der Waals surface area contributed by atoms with E-state index in [1.54, 1.807) is 0 Å². The molecule has 12 N–H and O–H groups in total. The Hall–Kier alpha value is -3.05. The summed E-state index contributed by atoms with van der Waals surface area (Å²) in [7, 11) is -11.4. The van der Waals surface area contributed by atoms with Crippen molar-refractivity contribution in [2.24, 2.45) is 5.73 Å². The molecule has 0 radical (unpaired) electrons. The molecule has 10 atom stereocenters. The van der Waals surface area contributed by atoms with Gasteiger partial charge in [0.05, 0.1) is 20.9 Å². The Balaban J connectivity index is 0.00000480. The Morgan fingerprint density at radius 1 is 1.04 bits per heavy atom. The van der Waals surface area contributed by atoms with E-state index in [1.165, 1.54) is 23.2 Å². The number of amides is 1. The molecule has 248 valence electrons. The van der Waals surface area contributed by atoms with E-state index in [0.29, 0.717) is 0 Å². The highest BCUT2D eigenvalue weighted by Crippen LogP contribution is 2.56. The molecule has 45 heavy (non-hydrogen) atoms. The largest absolute Gasteiger partial charge is 0.756 e. The average molecular weight is 681 g/mol. The van der Waals surface area contributed by atoms with Crippen molar-refractivity contribution in [3.8, 4) is 0 Å². The normalized spacial score (nSPS) is 31.2. The molecule has 0 bridgehead atoms. The van der Waals surface area contributed by atoms with Gasteiger partial charge in [0.15, 0.2) is 36.2 Å². The number of carbonyl (C=O) groups excluding carboxylic acids is 1. The standard InChI is InChI=1S/C21H27N7O14P2.H3N/c22-17-12-19(25-7-24-17)28(8-26-12)21-16(32)14(30)11(41-21)6-39-44(36,37)42-43(34,35)38-5-10-13(29)15(31)20(40-10)27-3-1-2-9(4-27)18(23)33;/h1-4,7-8,10-11,13-16,20-21,29-32H,5-6H2,(H5-,22,23,24,25,33,34,35,36,37);1H3/t10-,11-,13-,14-,15-,16-,20-,21-;/m1./s1/i2D;. The number of hydrogen-bond donors (Lipinski definition) is 7. The fraction of sp³-hybridized carbons (Fsp3) is 0.476. The highest BCUT2D eigenvalue weighted by molar-refractivity contribution is 7.59. The Morgan fingerprint density at radius 3 is 2.31 bits per heavy atom. The number of pyridine rings is 1. The van der Waals surface area contributed by atoms with E-state index in [0.717, 1.165) is 17.1 Å². The number of imidazole rings is 1. The quantitative estimate of drug-likeness (QED) is 0.0750. The number of aromatic nitrogens is 5. The molecule has 2 saturated heterocycles. The van der Waals surface area contributed by atoms with Crippen LogP contribution in [0.3, 0.4) is 0 Å². The van der Waals surface area contributed by atoms with Gasteiger partial charge in [-0.15, -0.1) is 0 Å². The molecule has 24 heteroatoms. The lowest BCUT2D eigenvalue weighted by Crippen LogP contribution is -2.46. The van der Waals surface area contributed by atoms with Crippen molar-refractivity contribution in [2.45, 2.75) is 49.1 Å². The molecule has 0 aliphatic carbocycles. The van der Waals surface area contributed by atoms with Crippen LogP contribution < -0.4 is 32.0 Å². The number of nitrogens with two attached hydrogens (primary N) is 2. The van der Waals surface area contributed by atoms with Gasteiger partial charge in [-0.1, -0.05) is 0 Å². The number of phosphoric acid groups is 2. The first-order valence-corrected chi connectivity index (χ1v) is 15.4. The summed E-state index contributed by atoms with van der Waals surface area (Å²) in [4.78, 5) is 47.9. The van der Waals surface area contributed by atoms with Crippen LogP contribution in [0.5, 0.6) is 0 Å². The minimum atomic E-state index is -5.71. The van der Waals surface area contributed by atoms with E-state index in [2.05, 4.69) is 28.3 Å². The second-order valence-corrected chi connectivity index (χ2v) is 12.5. The Labute approximate surface area is 253 Å². The number of nitrogens with zero attached hydrogens (tertiary/aromatic N) is 5. The van der Waals surface area contributed by atoms with Crippen LogP contribution in [0.2, 0.25) is 0 Å². The molecular weight excluding hydrogens is 650 g/mol. The monoisotopic (exact) mass is 681 g/mol. The van der Waals surface area contributed by atoms with Crippen LogP contribution >= 0.6 is 15.6 Å². The molecule has 3 aromatic heterocycles. The topological polar surface area (TPSA) is 360 Å². The van der Waals surface area contributed by atoms with Gasteiger partial charge in [0, 0.05) is 6.07 Å². The van der Waals surface area contributed by atoms with E-state index < -0.39 is 83.8 Å². The summed E-state index contributed by atoms with van der Waals surface area (Å²) in [5.41, 5.74) is 11.0. The first-order chi connectivity index (χ1) is 21.1. The molecule has 2 fully saturated rings. The van der Waals surface area contributed by atoms with E-state index in [4.69, 9.17) is 22.3 Å². The van der Waals surface area contributed by atoms with Crippen LogP contribution in [0.4, 0.5) is 5.82 Å². The zero-order chi connectivity index (χ0) is 32.8. The fourth-order valence-electron chi connectivity index (χ4n) is 4.50. The van der Waals surface area contributed by atoms with E-state index in [1.807, 2.05) is 0 Å². The summed E-state index contributed by atoms with van der Waals surface area (Å²) in [6, 6.07) is 0.942. The lowest BCUT2D eigenvalue weighted by Gasteiger charge is -2.31. The van der Waals surface area contributed by atoms with Gasteiger partial charge in [-0.25, -0.2) is 19.3 Å². The number of quaternary nitrogens is 1. The molecule has 0 aromatic carbocycles. The summed E-state index contributed by atoms with van der Waals surface area (Å²) in [6.07, 6.45) is -7.87. The first-order valence-electron chi connectivity index (χ1n) is 13.0. The van der Waals surface area contributed by atoms with Gasteiger partial charge in [-0.3, -0.25) is 18.5 Å². The van der Waals surface area contributed by atoms with Crippen LogP contribution in [0, 0.1) is 0 Å². The van der Waals surface area contributed by atoms with Crippen LogP contribution in [-0.4, -0.2) is 95.7 Å². The SMILES string of the molecule is [2H]c1cc[n+]([C@@H]2O[C@H](COP(=O)([O-])OP(=O)([O-])OC[C@H]3O[C@@H](n4cnc5c(N)ncnc54)[C@H](O)[C@@H]3O)[C@@H](O)[C@H]2O)cc1C(N)=O.[NH4+]. The number of primary amides is 1. The van der Waals surface area contributed by atoms with Gasteiger partial charge >= 0.3 is 0 Å².